The Bertz CT molecular complexity index is 608. The van der Waals surface area contributed by atoms with Gasteiger partial charge in [-0.3, -0.25) is 4.79 Å². The molecule has 2 nitrogen and oxygen atoms in total. The van der Waals surface area contributed by atoms with Crippen LogP contribution in [0, 0.1) is 0 Å². The van der Waals surface area contributed by atoms with Crippen molar-refractivity contribution in [1.29, 1.82) is 0 Å². The van der Waals surface area contributed by atoms with E-state index in [0.717, 1.165) is 0 Å². The van der Waals surface area contributed by atoms with E-state index >= 15 is 0 Å². The molecule has 114 valence electrons. The van der Waals surface area contributed by atoms with Crippen LogP contribution in [-0.2, 0) is 22.4 Å². The van der Waals surface area contributed by atoms with Gasteiger partial charge < -0.3 is 4.74 Å². The van der Waals surface area contributed by atoms with E-state index in [1.807, 2.05) is 50.2 Å². The molecule has 0 aliphatic carbocycles. The Morgan fingerprint density at radius 1 is 0.864 bits per heavy atom. The van der Waals surface area contributed by atoms with Crippen LogP contribution in [0.1, 0.15) is 25.0 Å². The highest BCUT2D eigenvalue weighted by molar-refractivity contribution is 8.03. The standard InChI is InChI=1S/C19H20O2S/c1-18(2)21-17(20)19(22-18,13-15-9-5-3-6-10-15)14-16-11-7-4-8-12-16/h3-12H,13-14H2,1-2H3. The summed E-state index contributed by atoms with van der Waals surface area (Å²) in [6.45, 7) is 3.93. The lowest BCUT2D eigenvalue weighted by molar-refractivity contribution is -0.149. The van der Waals surface area contributed by atoms with Crippen LogP contribution in [0.3, 0.4) is 0 Å². The summed E-state index contributed by atoms with van der Waals surface area (Å²) in [5.74, 6) is -0.102. The molecule has 0 bridgehead atoms. The molecule has 1 aliphatic rings. The van der Waals surface area contributed by atoms with Crippen LogP contribution in [-0.4, -0.2) is 15.6 Å². The Kier molecular flexibility index (Phi) is 4.00. The lowest BCUT2D eigenvalue weighted by Gasteiger charge is -2.25. The van der Waals surface area contributed by atoms with Gasteiger partial charge in [-0.05, 0) is 37.8 Å². The van der Waals surface area contributed by atoms with Crippen molar-refractivity contribution in [3.63, 3.8) is 0 Å². The van der Waals surface area contributed by atoms with Gasteiger partial charge in [-0.2, -0.15) is 0 Å². The van der Waals surface area contributed by atoms with Crippen LogP contribution in [0.25, 0.3) is 0 Å². The van der Waals surface area contributed by atoms with Crippen molar-refractivity contribution in [3.05, 3.63) is 71.8 Å². The number of rotatable bonds is 4. The van der Waals surface area contributed by atoms with Gasteiger partial charge in [0.15, 0.2) is 4.93 Å². The minimum Gasteiger partial charge on any atom is -0.447 e. The van der Waals surface area contributed by atoms with Gasteiger partial charge >= 0.3 is 5.97 Å². The first-order valence-corrected chi connectivity index (χ1v) is 8.32. The Labute approximate surface area is 135 Å². The molecule has 3 heteroatoms. The third kappa shape index (κ3) is 3.20. The second-order valence-electron chi connectivity index (χ2n) is 6.21. The van der Waals surface area contributed by atoms with Crippen molar-refractivity contribution in [2.24, 2.45) is 0 Å². The first-order chi connectivity index (χ1) is 10.5. The van der Waals surface area contributed by atoms with E-state index in [4.69, 9.17) is 4.74 Å². The van der Waals surface area contributed by atoms with Crippen LogP contribution in [0.15, 0.2) is 60.7 Å². The molecule has 1 heterocycles. The summed E-state index contributed by atoms with van der Waals surface area (Å²) >= 11 is 1.64. The molecule has 3 rings (SSSR count). The first-order valence-electron chi connectivity index (χ1n) is 7.51. The molecule has 2 aromatic rings. The SMILES string of the molecule is CC1(C)OC(=O)C(Cc2ccccc2)(Cc2ccccc2)S1. The lowest BCUT2D eigenvalue weighted by Crippen LogP contribution is -2.36. The van der Waals surface area contributed by atoms with Crippen LogP contribution >= 0.6 is 11.8 Å². The first kappa shape index (κ1) is 15.2. The zero-order chi connectivity index (χ0) is 15.6. The normalized spacial score (nSPS) is 18.9. The molecule has 1 fully saturated rings. The summed E-state index contributed by atoms with van der Waals surface area (Å²) in [5.41, 5.74) is 2.33. The molecule has 1 aliphatic heterocycles. The highest BCUT2D eigenvalue weighted by Crippen LogP contribution is 2.49. The molecular formula is C19H20O2S. The number of esters is 1. The van der Waals surface area contributed by atoms with Crippen LogP contribution < -0.4 is 0 Å². The molecule has 22 heavy (non-hydrogen) atoms. The van der Waals surface area contributed by atoms with Crippen LogP contribution in [0.4, 0.5) is 0 Å². The molecule has 0 N–H and O–H groups in total. The maximum absolute atomic E-state index is 12.7. The average Bonchev–Trinajstić information content (AvgIpc) is 2.70. The van der Waals surface area contributed by atoms with E-state index in [1.54, 1.807) is 11.8 Å². The number of cyclic esters (lactones) is 1. The summed E-state index contributed by atoms with van der Waals surface area (Å²) in [7, 11) is 0. The summed E-state index contributed by atoms with van der Waals surface area (Å²) in [6, 6.07) is 20.4. The van der Waals surface area contributed by atoms with Crippen molar-refractivity contribution in [3.8, 4) is 0 Å². The van der Waals surface area contributed by atoms with E-state index < -0.39 is 9.68 Å². The van der Waals surface area contributed by atoms with Crippen molar-refractivity contribution in [2.45, 2.75) is 36.4 Å². The van der Waals surface area contributed by atoms with Gasteiger partial charge in [0.1, 0.15) is 4.75 Å². The molecule has 0 saturated carbocycles. The summed E-state index contributed by atoms with van der Waals surface area (Å²) in [4.78, 5) is 12.2. The molecule has 0 spiro atoms. The minimum atomic E-state index is -0.549. The van der Waals surface area contributed by atoms with E-state index in [0.29, 0.717) is 12.8 Å². The zero-order valence-corrected chi connectivity index (χ0v) is 13.7. The second kappa shape index (κ2) is 5.81. The maximum atomic E-state index is 12.7. The highest BCUT2D eigenvalue weighted by atomic mass is 32.2. The molecule has 2 aromatic carbocycles. The molecule has 0 aromatic heterocycles. The maximum Gasteiger partial charge on any atom is 0.324 e. The van der Waals surface area contributed by atoms with E-state index in [9.17, 15) is 4.79 Å². The third-order valence-electron chi connectivity index (χ3n) is 3.82. The minimum absolute atomic E-state index is 0.102. The average molecular weight is 312 g/mol. The van der Waals surface area contributed by atoms with Crippen LogP contribution in [0.2, 0.25) is 0 Å². The Morgan fingerprint density at radius 2 is 1.32 bits per heavy atom. The number of hydrogen-bond acceptors (Lipinski definition) is 3. The number of hydrogen-bond donors (Lipinski definition) is 0. The van der Waals surface area contributed by atoms with E-state index in [2.05, 4.69) is 24.3 Å². The summed E-state index contributed by atoms with van der Waals surface area (Å²) in [6.07, 6.45) is 1.38. The second-order valence-corrected chi connectivity index (χ2v) is 8.18. The van der Waals surface area contributed by atoms with Gasteiger partial charge in [-0.15, -0.1) is 0 Å². The fourth-order valence-electron chi connectivity index (χ4n) is 2.98. The molecule has 1 saturated heterocycles. The number of carbonyl (C=O) groups excluding carboxylic acids is 1. The van der Waals surface area contributed by atoms with Crippen molar-refractivity contribution in [2.75, 3.05) is 0 Å². The predicted molar refractivity (Wildman–Crippen MR) is 90.8 cm³/mol. The smallest absolute Gasteiger partial charge is 0.324 e. The lowest BCUT2D eigenvalue weighted by atomic mass is 9.91. The molecule has 0 unspecified atom stereocenters. The molecule has 0 atom stereocenters. The number of benzene rings is 2. The zero-order valence-electron chi connectivity index (χ0n) is 12.9. The third-order valence-corrected chi connectivity index (χ3v) is 5.24. The molecule has 0 amide bonds. The Balaban J connectivity index is 1.94. The van der Waals surface area contributed by atoms with E-state index in [1.165, 1.54) is 11.1 Å². The highest BCUT2D eigenvalue weighted by Gasteiger charge is 2.53. The fraction of sp³-hybridized carbons (Fsp3) is 0.316. The predicted octanol–water partition coefficient (Wildman–Crippen LogP) is 4.24. The van der Waals surface area contributed by atoms with Crippen molar-refractivity contribution >= 4 is 17.7 Å². The van der Waals surface area contributed by atoms with Gasteiger partial charge in [0.2, 0.25) is 0 Å². The Morgan fingerprint density at radius 3 is 1.68 bits per heavy atom. The van der Waals surface area contributed by atoms with Gasteiger partial charge in [0.05, 0.1) is 0 Å². The number of thioether (sulfide) groups is 1. The fourth-order valence-corrected chi connectivity index (χ4v) is 4.64. The number of carbonyl (C=O) groups is 1. The summed E-state index contributed by atoms with van der Waals surface area (Å²) < 4.78 is 5.08. The quantitative estimate of drug-likeness (QED) is 0.790. The van der Waals surface area contributed by atoms with Crippen molar-refractivity contribution in [1.82, 2.24) is 0 Å². The number of ether oxygens (including phenoxy) is 1. The molecule has 0 radical (unpaired) electrons. The molecular weight excluding hydrogens is 292 g/mol. The Hall–Kier alpha value is -1.74. The monoisotopic (exact) mass is 312 g/mol. The van der Waals surface area contributed by atoms with Gasteiger partial charge in [-0.25, -0.2) is 0 Å². The van der Waals surface area contributed by atoms with Gasteiger partial charge in [0, 0.05) is 0 Å². The van der Waals surface area contributed by atoms with E-state index in [-0.39, 0.29) is 5.97 Å². The van der Waals surface area contributed by atoms with Gasteiger partial charge in [-0.1, -0.05) is 72.4 Å². The van der Waals surface area contributed by atoms with Crippen LogP contribution in [0.5, 0.6) is 0 Å². The van der Waals surface area contributed by atoms with Crippen molar-refractivity contribution < 1.29 is 9.53 Å². The van der Waals surface area contributed by atoms with Gasteiger partial charge in [0.25, 0.3) is 0 Å². The topological polar surface area (TPSA) is 26.3 Å². The largest absolute Gasteiger partial charge is 0.447 e. The summed E-state index contributed by atoms with van der Waals surface area (Å²) in [5, 5.41) is 0.